The number of imide groups is 1. The second kappa shape index (κ2) is 9.20. The third kappa shape index (κ3) is 4.88. The highest BCUT2D eigenvalue weighted by atomic mass is 35.5. The minimum atomic E-state index is -0.627. The van der Waals surface area contributed by atoms with Crippen LogP contribution in [0.4, 0.5) is 14.9 Å². The highest BCUT2D eigenvalue weighted by Gasteiger charge is 2.36. The molecule has 6 nitrogen and oxygen atoms in total. The van der Waals surface area contributed by atoms with E-state index >= 15 is 0 Å². The van der Waals surface area contributed by atoms with Crippen LogP contribution in [0.5, 0.6) is 0 Å². The number of anilines is 1. The second-order valence-corrected chi connectivity index (χ2v) is 8.49. The predicted molar refractivity (Wildman–Crippen MR) is 122 cm³/mol. The van der Waals surface area contributed by atoms with Crippen LogP contribution in [0.3, 0.4) is 0 Å². The highest BCUT2D eigenvalue weighted by Crippen LogP contribution is 2.33. The molecule has 2 heterocycles. The Bertz CT molecular complexity index is 1260. The van der Waals surface area contributed by atoms with Crippen LogP contribution in [0.1, 0.15) is 5.76 Å². The third-order valence-electron chi connectivity index (χ3n) is 4.41. The molecule has 162 valence electrons. The van der Waals surface area contributed by atoms with Gasteiger partial charge in [-0.05, 0) is 66.4 Å². The Labute approximate surface area is 196 Å². The van der Waals surface area contributed by atoms with Crippen LogP contribution in [0.2, 0.25) is 10.0 Å². The second-order valence-electron chi connectivity index (χ2n) is 6.65. The van der Waals surface area contributed by atoms with Crippen molar-refractivity contribution in [2.24, 2.45) is 0 Å². The summed E-state index contributed by atoms with van der Waals surface area (Å²) in [7, 11) is 0. The number of nitrogens with one attached hydrogen (secondary N) is 1. The topological polar surface area (TPSA) is 79.6 Å². The van der Waals surface area contributed by atoms with Crippen molar-refractivity contribution in [3.8, 4) is 11.3 Å². The summed E-state index contributed by atoms with van der Waals surface area (Å²) < 4.78 is 19.0. The molecule has 3 aromatic rings. The Morgan fingerprint density at radius 1 is 1.09 bits per heavy atom. The molecule has 1 aliphatic rings. The summed E-state index contributed by atoms with van der Waals surface area (Å²) in [6.07, 6.45) is 1.45. The van der Waals surface area contributed by atoms with Crippen molar-refractivity contribution in [1.29, 1.82) is 0 Å². The Kier molecular flexibility index (Phi) is 6.36. The lowest BCUT2D eigenvalue weighted by atomic mass is 10.2. The molecule has 1 N–H and O–H groups in total. The molecule has 0 unspecified atom stereocenters. The zero-order chi connectivity index (χ0) is 22.8. The van der Waals surface area contributed by atoms with Gasteiger partial charge in [0.05, 0.1) is 9.93 Å². The highest BCUT2D eigenvalue weighted by molar-refractivity contribution is 8.18. The van der Waals surface area contributed by atoms with Gasteiger partial charge >= 0.3 is 0 Å². The monoisotopic (exact) mass is 490 g/mol. The van der Waals surface area contributed by atoms with E-state index in [9.17, 15) is 18.8 Å². The number of halogens is 3. The predicted octanol–water partition coefficient (Wildman–Crippen LogP) is 6.07. The maximum atomic E-state index is 13.2. The molecule has 0 atom stereocenters. The van der Waals surface area contributed by atoms with Crippen molar-refractivity contribution in [3.05, 3.63) is 81.1 Å². The lowest BCUT2D eigenvalue weighted by Crippen LogP contribution is -2.36. The van der Waals surface area contributed by atoms with Crippen LogP contribution in [-0.4, -0.2) is 28.5 Å². The van der Waals surface area contributed by atoms with Gasteiger partial charge in [-0.25, -0.2) is 4.39 Å². The van der Waals surface area contributed by atoms with Crippen molar-refractivity contribution in [1.82, 2.24) is 4.90 Å². The van der Waals surface area contributed by atoms with Crippen molar-refractivity contribution in [3.63, 3.8) is 0 Å². The molecule has 10 heteroatoms. The van der Waals surface area contributed by atoms with E-state index in [4.69, 9.17) is 27.6 Å². The zero-order valence-electron chi connectivity index (χ0n) is 16.1. The van der Waals surface area contributed by atoms with E-state index in [0.717, 1.165) is 16.5 Å². The lowest BCUT2D eigenvalue weighted by Gasteiger charge is -2.12. The van der Waals surface area contributed by atoms with Crippen LogP contribution in [0.25, 0.3) is 17.4 Å². The summed E-state index contributed by atoms with van der Waals surface area (Å²) >= 11 is 12.3. The first-order valence-electron chi connectivity index (χ1n) is 9.16. The van der Waals surface area contributed by atoms with Gasteiger partial charge in [0.25, 0.3) is 11.1 Å². The standard InChI is InChI=1S/C22H13Cl2FN2O4S/c23-13-3-1-12(2-4-13)18-8-6-15(31-18)10-19-21(29)27(22(30)32-19)11-20(28)26-14-5-7-17(25)16(24)9-14/h1-10H,11H2,(H,26,28)/b19-10+. The van der Waals surface area contributed by atoms with E-state index in [-0.39, 0.29) is 15.6 Å². The van der Waals surface area contributed by atoms with E-state index in [0.29, 0.717) is 28.3 Å². The smallest absolute Gasteiger partial charge is 0.294 e. The largest absolute Gasteiger partial charge is 0.457 e. The Morgan fingerprint density at radius 2 is 1.84 bits per heavy atom. The van der Waals surface area contributed by atoms with Gasteiger partial charge in [-0.3, -0.25) is 19.3 Å². The Morgan fingerprint density at radius 3 is 2.56 bits per heavy atom. The number of benzene rings is 2. The maximum Gasteiger partial charge on any atom is 0.294 e. The quantitative estimate of drug-likeness (QED) is 0.439. The van der Waals surface area contributed by atoms with Crippen LogP contribution < -0.4 is 5.32 Å². The van der Waals surface area contributed by atoms with Crippen LogP contribution in [-0.2, 0) is 9.59 Å². The first-order valence-corrected chi connectivity index (χ1v) is 10.7. The lowest BCUT2D eigenvalue weighted by molar-refractivity contribution is -0.127. The molecule has 0 spiro atoms. The maximum absolute atomic E-state index is 13.2. The first-order chi connectivity index (χ1) is 15.3. The van der Waals surface area contributed by atoms with E-state index in [1.165, 1.54) is 18.2 Å². The van der Waals surface area contributed by atoms with E-state index in [1.807, 2.05) is 0 Å². The number of rotatable bonds is 5. The van der Waals surface area contributed by atoms with Crippen LogP contribution >= 0.6 is 35.0 Å². The van der Waals surface area contributed by atoms with Gasteiger partial charge in [0.1, 0.15) is 23.9 Å². The summed E-state index contributed by atoms with van der Waals surface area (Å²) in [4.78, 5) is 38.1. The summed E-state index contributed by atoms with van der Waals surface area (Å²) in [6.45, 7) is -0.495. The number of amides is 3. The molecule has 32 heavy (non-hydrogen) atoms. The zero-order valence-corrected chi connectivity index (χ0v) is 18.4. The number of carbonyl (C=O) groups excluding carboxylic acids is 3. The molecular formula is C22H13Cl2FN2O4S. The average Bonchev–Trinajstić information content (AvgIpc) is 3.32. The van der Waals surface area contributed by atoms with Crippen molar-refractivity contribution < 1.29 is 23.2 Å². The van der Waals surface area contributed by atoms with Gasteiger partial charge < -0.3 is 9.73 Å². The minimum Gasteiger partial charge on any atom is -0.457 e. The fourth-order valence-electron chi connectivity index (χ4n) is 2.88. The van der Waals surface area contributed by atoms with E-state index in [1.54, 1.807) is 36.4 Å². The van der Waals surface area contributed by atoms with Gasteiger partial charge in [0, 0.05) is 22.3 Å². The number of nitrogens with zero attached hydrogens (tertiary/aromatic N) is 1. The normalized spacial score (nSPS) is 15.0. The van der Waals surface area contributed by atoms with Gasteiger partial charge in [0.2, 0.25) is 5.91 Å². The molecule has 0 saturated carbocycles. The van der Waals surface area contributed by atoms with Crippen molar-refractivity contribution >= 4 is 63.8 Å². The average molecular weight is 491 g/mol. The van der Waals surface area contributed by atoms with Crippen LogP contribution in [0, 0.1) is 5.82 Å². The molecule has 0 bridgehead atoms. The van der Waals surface area contributed by atoms with Gasteiger partial charge in [-0.1, -0.05) is 23.2 Å². The number of furan rings is 1. The van der Waals surface area contributed by atoms with Gasteiger partial charge in [0.15, 0.2) is 0 Å². The van der Waals surface area contributed by atoms with E-state index in [2.05, 4.69) is 5.32 Å². The van der Waals surface area contributed by atoms with Gasteiger partial charge in [-0.2, -0.15) is 0 Å². The molecule has 1 fully saturated rings. The van der Waals surface area contributed by atoms with Crippen molar-refractivity contribution in [2.75, 3.05) is 11.9 Å². The molecule has 0 aliphatic carbocycles. The number of hydrogen-bond donors (Lipinski definition) is 1. The Hall–Kier alpha value is -3.07. The van der Waals surface area contributed by atoms with Crippen LogP contribution in [0.15, 0.2) is 63.9 Å². The fraction of sp³-hybridized carbons (Fsp3) is 0.0455. The van der Waals surface area contributed by atoms with Gasteiger partial charge in [-0.15, -0.1) is 0 Å². The van der Waals surface area contributed by atoms with Crippen molar-refractivity contribution in [2.45, 2.75) is 0 Å². The summed E-state index contributed by atoms with van der Waals surface area (Å²) in [5.74, 6) is -0.913. The molecule has 1 aromatic heterocycles. The fourth-order valence-corrected chi connectivity index (χ4v) is 4.01. The summed E-state index contributed by atoms with van der Waals surface area (Å²) in [5, 5.41) is 2.33. The molecule has 3 amide bonds. The minimum absolute atomic E-state index is 0.129. The molecule has 1 saturated heterocycles. The third-order valence-corrected chi connectivity index (χ3v) is 5.86. The Balaban J connectivity index is 1.44. The number of thioether (sulfide) groups is 1. The number of hydrogen-bond acceptors (Lipinski definition) is 5. The molecular weight excluding hydrogens is 478 g/mol. The SMILES string of the molecule is O=C(CN1C(=O)S/C(=C/c2ccc(-c3ccc(Cl)cc3)o2)C1=O)Nc1ccc(F)c(Cl)c1. The molecule has 0 radical (unpaired) electrons. The molecule has 2 aromatic carbocycles. The molecule has 1 aliphatic heterocycles. The summed E-state index contributed by atoms with van der Waals surface area (Å²) in [6, 6.07) is 14.1. The number of carbonyl (C=O) groups is 3. The van der Waals surface area contributed by atoms with E-state index < -0.39 is 29.4 Å². The summed E-state index contributed by atoms with van der Waals surface area (Å²) in [5.41, 5.74) is 1.05. The first kappa shape index (κ1) is 22.1. The molecule has 4 rings (SSSR count).